The number of hydrogen-bond donors (Lipinski definition) is 0. The van der Waals surface area contributed by atoms with Crippen molar-refractivity contribution in [2.45, 2.75) is 230 Å². The van der Waals surface area contributed by atoms with E-state index in [2.05, 4.69) is 211 Å². The average Bonchev–Trinajstić information content (AvgIpc) is 2.14. The molecule has 0 fully saturated rings. The minimum Gasteiger partial charge on any atom is -0.380 e. The summed E-state index contributed by atoms with van der Waals surface area (Å²) in [5, 5.41) is 38.9. The van der Waals surface area contributed by atoms with Gasteiger partial charge in [0.15, 0.2) is 0 Å². The van der Waals surface area contributed by atoms with Crippen LogP contribution in [0.3, 0.4) is 0 Å². The first-order chi connectivity index (χ1) is 40.8. The Morgan fingerprint density at radius 3 is 0.811 bits per heavy atom. The van der Waals surface area contributed by atoms with E-state index in [1.165, 1.54) is 6.42 Å². The summed E-state index contributed by atoms with van der Waals surface area (Å²) in [6.07, 6.45) is 15.6. The van der Waals surface area contributed by atoms with Gasteiger partial charge in [-0.15, -0.1) is 21.8 Å². The molecule has 5 heterocycles. The van der Waals surface area contributed by atoms with Crippen molar-refractivity contribution in [3.8, 4) is 0 Å². The summed E-state index contributed by atoms with van der Waals surface area (Å²) in [6.45, 7) is 82.6. The van der Waals surface area contributed by atoms with Crippen LogP contribution in [0.5, 0.6) is 0 Å². The monoisotopic (exact) mass is 2700 g/mol. The topological polar surface area (TPSA) is 209 Å². The molecule has 0 unspecified atom stereocenters. The van der Waals surface area contributed by atoms with Crippen molar-refractivity contribution in [2.75, 3.05) is 59.5 Å². The third-order valence-corrected chi connectivity index (χ3v) is 10.9. The van der Waals surface area contributed by atoms with Gasteiger partial charge in [0.05, 0.1) is 65.1 Å². The molecule has 21 nitrogen and oxygen atoms in total. The van der Waals surface area contributed by atoms with E-state index < -0.39 is 0 Å². The van der Waals surface area contributed by atoms with Crippen LogP contribution in [0, 0.1) is 82.5 Å². The first-order valence-electron chi connectivity index (χ1n) is 31.0. The van der Waals surface area contributed by atoms with Gasteiger partial charge in [-0.05, 0) is 62.7 Å². The Morgan fingerprint density at radius 1 is 0.337 bits per heavy atom. The molecule has 0 aliphatic rings. The Bertz CT molecular complexity index is 2240. The van der Waals surface area contributed by atoms with E-state index in [1.807, 2.05) is 39.4 Å². The summed E-state index contributed by atoms with van der Waals surface area (Å²) in [5.74, 6) is 0. The SMILES string of the molecule is CCOCCn1cc(COCCC(C)(C)C)nn1.CCOCCn1cc(COCCCC(C)(C)C)nn1.[CH2-]C.[CH2-]C.[CH2-]CC(C)(C)C.[CH2-]CC(C)(C)C.[CH2-]Cn1cc(COCCC(C)(C)C)nn1.[CH2-]Cn1cc([CH2-])nn1.[CH2-]c1cn(CCOCC)nn1.[W+2].[W+2].[W+2].[W+2].[W].[W].[W].[W]. The van der Waals surface area contributed by atoms with E-state index in [4.69, 9.17) is 28.4 Å². The largest absolute Gasteiger partial charge is 2.00 e. The molecule has 0 saturated heterocycles. The molecular formula is C66H127N15O6W8. The van der Waals surface area contributed by atoms with Crippen LogP contribution in [0.25, 0.3) is 0 Å². The zero-order valence-corrected chi connectivity index (χ0v) is 85.7. The molecule has 5 rings (SSSR count). The Hall–Kier alpha value is 0.706. The fraction of sp³-hybridized carbons (Fsp3) is 0.727. The smallest absolute Gasteiger partial charge is 0.380 e. The summed E-state index contributed by atoms with van der Waals surface area (Å²) in [4.78, 5) is 0. The summed E-state index contributed by atoms with van der Waals surface area (Å²) in [5.41, 5.74) is 5.89. The van der Waals surface area contributed by atoms with Gasteiger partial charge in [-0.3, -0.25) is 4.68 Å². The van der Waals surface area contributed by atoms with Gasteiger partial charge in [-0.25, -0.2) is 23.2 Å². The molecular weight excluding hydrogens is 2570 g/mol. The third-order valence-electron chi connectivity index (χ3n) is 10.9. The molecule has 0 spiro atoms. The van der Waals surface area contributed by atoms with E-state index >= 15 is 0 Å². The van der Waals surface area contributed by atoms with Gasteiger partial charge in [0.2, 0.25) is 0 Å². The molecule has 0 amide bonds. The number of ether oxygens (including phenoxy) is 6. The van der Waals surface area contributed by atoms with Crippen LogP contribution in [0.1, 0.15) is 205 Å². The van der Waals surface area contributed by atoms with Crippen LogP contribution in [-0.2, 0) is 249 Å². The van der Waals surface area contributed by atoms with Crippen LogP contribution < -0.4 is 0 Å². The predicted molar refractivity (Wildman–Crippen MR) is 356 cm³/mol. The molecule has 0 radical (unpaired) electrons. The standard InChI is InChI=1S/C14H27N3O2.C13H25N3O2.C11H20N3O.C7H12N3O.2C6H13.C5H7N3.2C2H5.8W/c1-5-18-10-8-17-11-13(15-16-17)12-19-9-6-7-14(2,3)4;1-5-17-9-7-16-10-12(14-15-16)11-18-8-6-13(2,3)4;1-5-14-8-10(12-13-14)9-15-7-6-11(2,3)4;1-3-11-5-4-10-6-7(2)8-9-10;2*1-5-6(2,3)4;1-3-8-4-5(2)6-7-8;2*1-2;;;;;;;;/h11H,5-10,12H2,1-4H3;10H,5-9,11H2,1-4H3;8H,1,5-7,9H2,2-4H3;6H,2-5H2,1H3;2*1,5H2,2-4H3;4H,1-3H2;2*1H2,2H3;;;;;;;;/q;;4*-1;-2;2*-1;;;;;4*+2. The van der Waals surface area contributed by atoms with Crippen molar-refractivity contribution in [3.63, 3.8) is 0 Å². The van der Waals surface area contributed by atoms with Gasteiger partial charge in [-0.2, -0.15) is 36.9 Å². The Morgan fingerprint density at radius 2 is 0.579 bits per heavy atom. The molecule has 95 heavy (non-hydrogen) atoms. The molecule has 0 atom stereocenters. The zero-order chi connectivity index (χ0) is 67.4. The average molecular weight is 2700 g/mol. The second kappa shape index (κ2) is 75.9. The Labute approximate surface area is 695 Å². The van der Waals surface area contributed by atoms with Crippen molar-refractivity contribution >= 4 is 0 Å². The number of aromatic nitrogens is 15. The number of nitrogens with zero attached hydrogens (tertiary/aromatic N) is 15. The number of hydrogen-bond acceptors (Lipinski definition) is 16. The maximum absolute atomic E-state index is 5.61. The fourth-order valence-corrected chi connectivity index (χ4v) is 5.34. The predicted octanol–water partition coefficient (Wildman–Crippen LogP) is 14.0. The minimum absolute atomic E-state index is 0. The molecule has 0 bridgehead atoms. The first-order valence-corrected chi connectivity index (χ1v) is 31.0. The van der Waals surface area contributed by atoms with Crippen LogP contribution in [-0.4, -0.2) is 134 Å². The van der Waals surface area contributed by atoms with Gasteiger partial charge in [0, 0.05) is 137 Å². The summed E-state index contributed by atoms with van der Waals surface area (Å²) >= 11 is 0. The van der Waals surface area contributed by atoms with Crippen LogP contribution in [0.15, 0.2) is 31.0 Å². The molecule has 550 valence electrons. The van der Waals surface area contributed by atoms with Crippen LogP contribution in [0.2, 0.25) is 0 Å². The fourth-order valence-electron chi connectivity index (χ4n) is 5.34. The van der Waals surface area contributed by atoms with Crippen molar-refractivity contribution in [3.05, 3.63) is 115 Å². The van der Waals surface area contributed by atoms with Crippen molar-refractivity contribution < 1.29 is 197 Å². The Balaban J connectivity index is -0.0000000853. The molecule has 5 aromatic rings. The molecule has 5 aromatic heterocycles. The van der Waals surface area contributed by atoms with Gasteiger partial charge in [0.25, 0.3) is 0 Å². The quantitative estimate of drug-likeness (QED) is 0.0354. The van der Waals surface area contributed by atoms with E-state index in [1.54, 1.807) is 49.7 Å². The summed E-state index contributed by atoms with van der Waals surface area (Å²) < 4.78 is 41.0. The van der Waals surface area contributed by atoms with Crippen molar-refractivity contribution in [1.82, 2.24) is 75.0 Å². The van der Waals surface area contributed by atoms with Gasteiger partial charge in [-0.1, -0.05) is 171 Å². The second-order valence-corrected chi connectivity index (χ2v) is 25.5. The van der Waals surface area contributed by atoms with Crippen molar-refractivity contribution in [1.29, 1.82) is 0 Å². The summed E-state index contributed by atoms with van der Waals surface area (Å²) in [7, 11) is 0. The third kappa shape index (κ3) is 88.9. The molecule has 0 N–H and O–H groups in total. The molecule has 29 heteroatoms. The molecule has 0 saturated carbocycles. The molecule has 0 aliphatic heterocycles. The summed E-state index contributed by atoms with van der Waals surface area (Å²) in [6, 6.07) is 0. The van der Waals surface area contributed by atoms with Crippen molar-refractivity contribution in [2.24, 2.45) is 27.1 Å². The van der Waals surface area contributed by atoms with E-state index in [9.17, 15) is 0 Å². The molecule has 0 aromatic carbocycles. The Kier molecular flexibility index (Phi) is 97.8. The first kappa shape index (κ1) is 123. The zero-order valence-electron chi connectivity index (χ0n) is 62.2. The van der Waals surface area contributed by atoms with E-state index in [0.717, 1.165) is 108 Å². The van der Waals surface area contributed by atoms with Gasteiger partial charge in [0.1, 0.15) is 17.1 Å². The number of rotatable bonds is 27. The van der Waals surface area contributed by atoms with Gasteiger partial charge >= 0.3 is 84.3 Å². The minimum atomic E-state index is 0. The normalized spacial score (nSPS) is 10.2. The van der Waals surface area contributed by atoms with Crippen LogP contribution >= 0.6 is 0 Å². The maximum Gasteiger partial charge on any atom is 2.00 e. The second-order valence-electron chi connectivity index (χ2n) is 25.5. The van der Waals surface area contributed by atoms with Crippen LogP contribution in [0.4, 0.5) is 0 Å². The molecule has 0 aliphatic carbocycles. The van der Waals surface area contributed by atoms with Gasteiger partial charge < -0.3 is 79.3 Å². The van der Waals surface area contributed by atoms with E-state index in [0.29, 0.717) is 91.2 Å². The maximum atomic E-state index is 5.61. The van der Waals surface area contributed by atoms with E-state index in [-0.39, 0.29) is 169 Å².